The number of hydrogen-bond donors (Lipinski definition) is 2. The third-order valence-corrected chi connectivity index (χ3v) is 3.73. The number of nitrogens with two attached hydrogens (primary N) is 1. The summed E-state index contributed by atoms with van der Waals surface area (Å²) >= 11 is 0. The van der Waals surface area contributed by atoms with Crippen molar-refractivity contribution in [2.45, 2.75) is 24.7 Å². The molecule has 0 aliphatic carbocycles. The van der Waals surface area contributed by atoms with Gasteiger partial charge in [0.05, 0.1) is 17.2 Å². The van der Waals surface area contributed by atoms with E-state index in [-0.39, 0.29) is 4.90 Å². The van der Waals surface area contributed by atoms with Crippen molar-refractivity contribution in [2.24, 2.45) is 0 Å². The van der Waals surface area contributed by atoms with E-state index >= 15 is 0 Å². The lowest BCUT2D eigenvalue weighted by Crippen LogP contribution is -2.18. The Morgan fingerprint density at radius 2 is 2.12 bits per heavy atom. The molecule has 1 rings (SSSR count). The SMILES string of the molecule is CCCCOc1ccc(S(=O)(=O)NC)cc1N. The van der Waals surface area contributed by atoms with Crippen molar-refractivity contribution in [1.82, 2.24) is 4.72 Å². The maximum Gasteiger partial charge on any atom is 0.240 e. The maximum absolute atomic E-state index is 11.5. The fourth-order valence-electron chi connectivity index (χ4n) is 1.27. The van der Waals surface area contributed by atoms with E-state index in [2.05, 4.69) is 11.6 Å². The Labute approximate surface area is 102 Å². The van der Waals surface area contributed by atoms with Gasteiger partial charge in [0.25, 0.3) is 0 Å². The number of nitrogens with one attached hydrogen (secondary N) is 1. The Kier molecular flexibility index (Phi) is 4.77. The second kappa shape index (κ2) is 5.88. The van der Waals surface area contributed by atoms with Gasteiger partial charge in [-0.15, -0.1) is 0 Å². The highest BCUT2D eigenvalue weighted by molar-refractivity contribution is 7.89. The van der Waals surface area contributed by atoms with Crippen LogP contribution in [0.4, 0.5) is 5.69 Å². The van der Waals surface area contributed by atoms with Crippen molar-refractivity contribution >= 4 is 15.7 Å². The van der Waals surface area contributed by atoms with Crippen LogP contribution in [0.25, 0.3) is 0 Å². The monoisotopic (exact) mass is 258 g/mol. The Bertz CT molecular complexity index is 472. The lowest BCUT2D eigenvalue weighted by atomic mass is 10.3. The van der Waals surface area contributed by atoms with Gasteiger partial charge in [-0.2, -0.15) is 0 Å². The molecule has 17 heavy (non-hydrogen) atoms. The van der Waals surface area contributed by atoms with Crippen LogP contribution >= 0.6 is 0 Å². The van der Waals surface area contributed by atoms with Gasteiger partial charge in [0.15, 0.2) is 0 Å². The number of benzene rings is 1. The molecule has 3 N–H and O–H groups in total. The van der Waals surface area contributed by atoms with E-state index < -0.39 is 10.0 Å². The molecule has 0 heterocycles. The minimum Gasteiger partial charge on any atom is -0.491 e. The minimum absolute atomic E-state index is 0.139. The van der Waals surface area contributed by atoms with Gasteiger partial charge in [0.1, 0.15) is 5.75 Å². The second-order valence-corrected chi connectivity index (χ2v) is 5.50. The second-order valence-electron chi connectivity index (χ2n) is 3.61. The highest BCUT2D eigenvalue weighted by Gasteiger charge is 2.13. The van der Waals surface area contributed by atoms with E-state index in [0.29, 0.717) is 18.0 Å². The summed E-state index contributed by atoms with van der Waals surface area (Å²) in [6.07, 6.45) is 1.97. The molecule has 0 aliphatic heterocycles. The van der Waals surface area contributed by atoms with Gasteiger partial charge in [0, 0.05) is 0 Å². The molecular formula is C11H18N2O3S. The summed E-state index contributed by atoms with van der Waals surface area (Å²) in [5, 5.41) is 0. The van der Waals surface area contributed by atoms with Crippen LogP contribution in [-0.4, -0.2) is 22.1 Å². The predicted octanol–water partition coefficient (Wildman–Crippen LogP) is 1.36. The Hall–Kier alpha value is -1.27. The van der Waals surface area contributed by atoms with Gasteiger partial charge in [0.2, 0.25) is 10.0 Å². The van der Waals surface area contributed by atoms with Crippen molar-refractivity contribution < 1.29 is 13.2 Å². The number of anilines is 1. The predicted molar refractivity (Wildman–Crippen MR) is 67.5 cm³/mol. The highest BCUT2D eigenvalue weighted by atomic mass is 32.2. The molecule has 0 radical (unpaired) electrons. The summed E-state index contributed by atoms with van der Waals surface area (Å²) in [7, 11) is -2.09. The average Bonchev–Trinajstić information content (AvgIpc) is 2.31. The fourth-order valence-corrected chi connectivity index (χ4v) is 2.03. The smallest absolute Gasteiger partial charge is 0.240 e. The Morgan fingerprint density at radius 3 is 2.65 bits per heavy atom. The number of ether oxygens (including phenoxy) is 1. The first-order valence-corrected chi connectivity index (χ1v) is 6.95. The first kappa shape index (κ1) is 13.8. The summed E-state index contributed by atoms with van der Waals surface area (Å²) in [5.41, 5.74) is 6.07. The van der Waals surface area contributed by atoms with Crippen LogP contribution < -0.4 is 15.2 Å². The Balaban J connectivity index is 2.87. The molecule has 96 valence electrons. The number of nitrogen functional groups attached to an aromatic ring is 1. The zero-order valence-electron chi connectivity index (χ0n) is 10.1. The van der Waals surface area contributed by atoms with Gasteiger partial charge >= 0.3 is 0 Å². The normalized spacial score (nSPS) is 11.4. The average molecular weight is 258 g/mol. The molecule has 1 aromatic carbocycles. The summed E-state index contributed by atoms with van der Waals surface area (Å²) in [5.74, 6) is 0.522. The molecule has 0 aromatic heterocycles. The van der Waals surface area contributed by atoms with Crippen molar-refractivity contribution in [2.75, 3.05) is 19.4 Å². The summed E-state index contributed by atoms with van der Waals surface area (Å²) in [6, 6.07) is 4.45. The minimum atomic E-state index is -3.45. The summed E-state index contributed by atoms with van der Waals surface area (Å²) < 4.78 is 30.7. The molecular weight excluding hydrogens is 240 g/mol. The highest BCUT2D eigenvalue weighted by Crippen LogP contribution is 2.24. The maximum atomic E-state index is 11.5. The molecule has 0 saturated heterocycles. The molecule has 0 unspecified atom stereocenters. The van der Waals surface area contributed by atoms with Crippen LogP contribution in [0.2, 0.25) is 0 Å². The van der Waals surface area contributed by atoms with E-state index in [9.17, 15) is 8.42 Å². The van der Waals surface area contributed by atoms with Gasteiger partial charge < -0.3 is 10.5 Å². The summed E-state index contributed by atoms with van der Waals surface area (Å²) in [4.78, 5) is 0.139. The third kappa shape index (κ3) is 3.61. The van der Waals surface area contributed by atoms with Crippen LogP contribution in [0.5, 0.6) is 5.75 Å². The molecule has 0 saturated carbocycles. The van der Waals surface area contributed by atoms with Crippen LogP contribution in [0.15, 0.2) is 23.1 Å². The molecule has 0 amide bonds. The quantitative estimate of drug-likeness (QED) is 0.596. The molecule has 0 spiro atoms. The van der Waals surface area contributed by atoms with E-state index in [1.165, 1.54) is 19.2 Å². The van der Waals surface area contributed by atoms with Crippen molar-refractivity contribution in [3.63, 3.8) is 0 Å². The number of hydrogen-bond acceptors (Lipinski definition) is 4. The van der Waals surface area contributed by atoms with E-state index in [1.807, 2.05) is 0 Å². The van der Waals surface area contributed by atoms with Crippen molar-refractivity contribution in [3.05, 3.63) is 18.2 Å². The summed E-state index contributed by atoms with van der Waals surface area (Å²) in [6.45, 7) is 2.65. The van der Waals surface area contributed by atoms with E-state index in [4.69, 9.17) is 10.5 Å². The van der Waals surface area contributed by atoms with Crippen molar-refractivity contribution in [1.29, 1.82) is 0 Å². The number of rotatable bonds is 6. The molecule has 6 heteroatoms. The zero-order chi connectivity index (χ0) is 12.9. The zero-order valence-corrected chi connectivity index (χ0v) is 10.9. The topological polar surface area (TPSA) is 81.4 Å². The molecule has 0 fully saturated rings. The third-order valence-electron chi connectivity index (χ3n) is 2.32. The van der Waals surface area contributed by atoms with Crippen LogP contribution in [0.3, 0.4) is 0 Å². The van der Waals surface area contributed by atoms with Crippen LogP contribution in [0, 0.1) is 0 Å². The van der Waals surface area contributed by atoms with Crippen LogP contribution in [-0.2, 0) is 10.0 Å². The van der Waals surface area contributed by atoms with Gasteiger partial charge in [-0.05, 0) is 31.7 Å². The van der Waals surface area contributed by atoms with Gasteiger partial charge in [-0.3, -0.25) is 0 Å². The first-order chi connectivity index (χ1) is 8.01. The fraction of sp³-hybridized carbons (Fsp3) is 0.455. The largest absolute Gasteiger partial charge is 0.491 e. The molecule has 0 atom stereocenters. The lowest BCUT2D eigenvalue weighted by Gasteiger charge is -2.10. The van der Waals surface area contributed by atoms with E-state index in [1.54, 1.807) is 6.07 Å². The van der Waals surface area contributed by atoms with Crippen molar-refractivity contribution in [3.8, 4) is 5.75 Å². The van der Waals surface area contributed by atoms with Crippen LogP contribution in [0.1, 0.15) is 19.8 Å². The molecule has 1 aromatic rings. The number of sulfonamides is 1. The molecule has 0 bridgehead atoms. The lowest BCUT2D eigenvalue weighted by molar-refractivity contribution is 0.311. The first-order valence-electron chi connectivity index (χ1n) is 5.47. The Morgan fingerprint density at radius 1 is 1.41 bits per heavy atom. The molecule has 0 aliphatic rings. The van der Waals surface area contributed by atoms with E-state index in [0.717, 1.165) is 12.8 Å². The molecule has 5 nitrogen and oxygen atoms in total. The van der Waals surface area contributed by atoms with Gasteiger partial charge in [-0.1, -0.05) is 13.3 Å². The standard InChI is InChI=1S/C11H18N2O3S/c1-3-4-7-16-11-6-5-9(8-10(11)12)17(14,15)13-2/h5-6,8,13H,3-4,7,12H2,1-2H3. The van der Waals surface area contributed by atoms with Gasteiger partial charge in [-0.25, -0.2) is 13.1 Å². The number of unbranched alkanes of at least 4 members (excludes halogenated alkanes) is 1.